The van der Waals surface area contributed by atoms with E-state index in [4.69, 9.17) is 9.47 Å². The van der Waals surface area contributed by atoms with Gasteiger partial charge in [-0.25, -0.2) is 0 Å². The first-order valence-electron chi connectivity index (χ1n) is 3.57. The Balaban J connectivity index is 2.12. The van der Waals surface area contributed by atoms with E-state index in [1.54, 1.807) is 0 Å². The minimum absolute atomic E-state index is 0.0278. The van der Waals surface area contributed by atoms with Gasteiger partial charge in [0, 0.05) is 5.92 Å². The molecule has 0 N–H and O–H groups in total. The van der Waals surface area contributed by atoms with Crippen LogP contribution in [-0.4, -0.2) is 31.1 Å². The van der Waals surface area contributed by atoms with E-state index >= 15 is 0 Å². The van der Waals surface area contributed by atoms with E-state index in [-0.39, 0.29) is 18.0 Å². The molecule has 2 heterocycles. The van der Waals surface area contributed by atoms with Crippen molar-refractivity contribution in [1.29, 1.82) is 0 Å². The van der Waals surface area contributed by atoms with Crippen molar-refractivity contribution in [1.82, 2.24) is 0 Å². The molecular formula is C7H8O4. The van der Waals surface area contributed by atoms with Crippen LogP contribution in [0.1, 0.15) is 6.42 Å². The zero-order valence-electron chi connectivity index (χ0n) is 5.86. The molecule has 0 spiro atoms. The molecule has 0 aliphatic carbocycles. The third-order valence-corrected chi connectivity index (χ3v) is 2.17. The van der Waals surface area contributed by atoms with Crippen LogP contribution in [0.5, 0.6) is 0 Å². The summed E-state index contributed by atoms with van der Waals surface area (Å²) in [5, 5.41) is 0. The van der Waals surface area contributed by atoms with Gasteiger partial charge in [0.25, 0.3) is 0 Å². The molecule has 0 aromatic rings. The van der Waals surface area contributed by atoms with Gasteiger partial charge in [-0.15, -0.1) is 0 Å². The van der Waals surface area contributed by atoms with Crippen molar-refractivity contribution < 1.29 is 19.1 Å². The zero-order valence-corrected chi connectivity index (χ0v) is 5.86. The van der Waals surface area contributed by atoms with Crippen LogP contribution in [0.4, 0.5) is 0 Å². The van der Waals surface area contributed by atoms with Crippen LogP contribution in [0.15, 0.2) is 0 Å². The standard InChI is InChI=1S/C7H8O4/c8-2-5-4-1-7(9)11-6(4)3-10-5/h2,4-6H,1,3H2/t4?,5?,6-/m0/s1. The lowest BCUT2D eigenvalue weighted by Crippen LogP contribution is -2.20. The summed E-state index contributed by atoms with van der Waals surface area (Å²) in [7, 11) is 0. The van der Waals surface area contributed by atoms with E-state index in [2.05, 4.69) is 0 Å². The third-order valence-electron chi connectivity index (χ3n) is 2.17. The Morgan fingerprint density at radius 3 is 3.09 bits per heavy atom. The van der Waals surface area contributed by atoms with Gasteiger partial charge in [-0.1, -0.05) is 0 Å². The molecule has 3 atom stereocenters. The van der Waals surface area contributed by atoms with E-state index in [1.807, 2.05) is 0 Å². The summed E-state index contributed by atoms with van der Waals surface area (Å²) in [6, 6.07) is 0. The quantitative estimate of drug-likeness (QED) is 0.380. The molecule has 2 unspecified atom stereocenters. The predicted octanol–water partition coefficient (Wildman–Crippen LogP) is -0.484. The van der Waals surface area contributed by atoms with Crippen LogP contribution in [0, 0.1) is 5.92 Å². The smallest absolute Gasteiger partial charge is 0.306 e. The summed E-state index contributed by atoms with van der Waals surface area (Å²) in [5.74, 6) is -0.241. The maximum absolute atomic E-state index is 10.7. The first-order valence-corrected chi connectivity index (χ1v) is 3.57. The Morgan fingerprint density at radius 2 is 2.36 bits per heavy atom. The van der Waals surface area contributed by atoms with Crippen LogP contribution < -0.4 is 0 Å². The van der Waals surface area contributed by atoms with Crippen LogP contribution in [-0.2, 0) is 19.1 Å². The molecule has 2 saturated heterocycles. The fourth-order valence-electron chi connectivity index (χ4n) is 1.58. The fourth-order valence-corrected chi connectivity index (χ4v) is 1.58. The summed E-state index contributed by atoms with van der Waals surface area (Å²) in [5.41, 5.74) is 0. The Kier molecular flexibility index (Phi) is 1.42. The molecule has 0 aromatic carbocycles. The highest BCUT2D eigenvalue weighted by Crippen LogP contribution is 2.31. The van der Waals surface area contributed by atoms with E-state index < -0.39 is 6.10 Å². The Labute approximate surface area is 63.5 Å². The molecule has 2 fully saturated rings. The number of hydrogen-bond donors (Lipinski definition) is 0. The van der Waals surface area contributed by atoms with Crippen molar-refractivity contribution in [2.24, 2.45) is 5.92 Å². The maximum atomic E-state index is 10.7. The molecular weight excluding hydrogens is 148 g/mol. The lowest BCUT2D eigenvalue weighted by Gasteiger charge is -2.05. The van der Waals surface area contributed by atoms with Crippen molar-refractivity contribution in [2.45, 2.75) is 18.6 Å². The van der Waals surface area contributed by atoms with E-state index in [1.165, 1.54) is 0 Å². The number of hydrogen-bond acceptors (Lipinski definition) is 4. The minimum Gasteiger partial charge on any atom is -0.459 e. The molecule has 0 radical (unpaired) electrons. The normalized spacial score (nSPS) is 41.8. The Hall–Kier alpha value is -0.900. The van der Waals surface area contributed by atoms with Crippen molar-refractivity contribution in [3.8, 4) is 0 Å². The van der Waals surface area contributed by atoms with Gasteiger partial charge in [0.05, 0.1) is 13.0 Å². The van der Waals surface area contributed by atoms with E-state index in [0.29, 0.717) is 13.0 Å². The van der Waals surface area contributed by atoms with Gasteiger partial charge in [-0.3, -0.25) is 4.79 Å². The number of rotatable bonds is 1. The lowest BCUT2D eigenvalue weighted by atomic mass is 9.99. The van der Waals surface area contributed by atoms with Gasteiger partial charge in [-0.2, -0.15) is 0 Å². The predicted molar refractivity (Wildman–Crippen MR) is 33.8 cm³/mol. The average molecular weight is 156 g/mol. The highest BCUT2D eigenvalue weighted by molar-refractivity contribution is 5.74. The van der Waals surface area contributed by atoms with E-state index in [9.17, 15) is 9.59 Å². The molecule has 2 rings (SSSR count). The second kappa shape index (κ2) is 2.30. The second-order valence-electron chi connectivity index (χ2n) is 2.83. The van der Waals surface area contributed by atoms with Gasteiger partial charge < -0.3 is 14.3 Å². The molecule has 4 nitrogen and oxygen atoms in total. The number of fused-ring (bicyclic) bond motifs is 1. The number of carbonyl (C=O) groups excluding carboxylic acids is 2. The Bertz CT molecular complexity index is 201. The maximum Gasteiger partial charge on any atom is 0.306 e. The van der Waals surface area contributed by atoms with Crippen LogP contribution in [0.3, 0.4) is 0 Å². The summed E-state index contributed by atoms with van der Waals surface area (Å²) in [6.45, 7) is 0.375. The van der Waals surface area contributed by atoms with Gasteiger partial charge in [-0.05, 0) is 0 Å². The molecule has 11 heavy (non-hydrogen) atoms. The first-order chi connectivity index (χ1) is 5.31. The molecule has 2 aliphatic rings. The molecule has 0 aromatic heterocycles. The highest BCUT2D eigenvalue weighted by atomic mass is 16.6. The topological polar surface area (TPSA) is 52.6 Å². The van der Waals surface area contributed by atoms with Crippen LogP contribution in [0.2, 0.25) is 0 Å². The van der Waals surface area contributed by atoms with Gasteiger partial charge in [0.1, 0.15) is 18.5 Å². The summed E-state index contributed by atoms with van der Waals surface area (Å²) < 4.78 is 9.97. The molecule has 0 saturated carbocycles. The Morgan fingerprint density at radius 1 is 1.55 bits per heavy atom. The van der Waals surface area contributed by atoms with Crippen LogP contribution in [0.25, 0.3) is 0 Å². The zero-order chi connectivity index (χ0) is 7.84. The SMILES string of the molecule is O=CC1OC[C@@H]2OC(=O)CC12. The van der Waals surface area contributed by atoms with Gasteiger partial charge >= 0.3 is 5.97 Å². The third kappa shape index (κ3) is 0.939. The minimum atomic E-state index is -0.425. The van der Waals surface area contributed by atoms with Crippen molar-refractivity contribution in [3.05, 3.63) is 0 Å². The number of ether oxygens (including phenoxy) is 2. The monoisotopic (exact) mass is 156 g/mol. The second-order valence-corrected chi connectivity index (χ2v) is 2.83. The van der Waals surface area contributed by atoms with Gasteiger partial charge in [0.2, 0.25) is 0 Å². The summed E-state index contributed by atoms with van der Waals surface area (Å²) >= 11 is 0. The lowest BCUT2D eigenvalue weighted by molar-refractivity contribution is -0.142. The van der Waals surface area contributed by atoms with Crippen LogP contribution >= 0.6 is 0 Å². The molecule has 0 bridgehead atoms. The van der Waals surface area contributed by atoms with Crippen molar-refractivity contribution in [3.63, 3.8) is 0 Å². The number of aldehydes is 1. The number of esters is 1. The largest absolute Gasteiger partial charge is 0.459 e. The average Bonchev–Trinajstić information content (AvgIpc) is 2.45. The van der Waals surface area contributed by atoms with E-state index in [0.717, 1.165) is 6.29 Å². The molecule has 0 amide bonds. The molecule has 4 heteroatoms. The fraction of sp³-hybridized carbons (Fsp3) is 0.714. The summed E-state index contributed by atoms with van der Waals surface area (Å²) in [4.78, 5) is 21.1. The highest BCUT2D eigenvalue weighted by Gasteiger charge is 2.45. The van der Waals surface area contributed by atoms with Crippen molar-refractivity contribution in [2.75, 3.05) is 6.61 Å². The first kappa shape index (κ1) is 6.79. The summed E-state index contributed by atoms with van der Waals surface area (Å²) in [6.07, 6.45) is 0.477. The molecule has 60 valence electrons. The molecule has 2 aliphatic heterocycles. The van der Waals surface area contributed by atoms with Crippen molar-refractivity contribution >= 4 is 12.3 Å². The van der Waals surface area contributed by atoms with Gasteiger partial charge in [0.15, 0.2) is 0 Å². The number of carbonyl (C=O) groups is 2.